The zero-order valence-electron chi connectivity index (χ0n) is 16.7. The molecule has 3 aromatic rings. The Morgan fingerprint density at radius 3 is 2.33 bits per heavy atom. The highest BCUT2D eigenvalue weighted by Crippen LogP contribution is 2.38. The highest BCUT2D eigenvalue weighted by atomic mass is 35.5. The number of hydrogen-bond donors (Lipinski definition) is 1. The van der Waals surface area contributed by atoms with Crippen molar-refractivity contribution in [2.24, 2.45) is 0 Å². The number of nitrogens with zero attached hydrogens (tertiary/aromatic N) is 1. The first kappa shape index (κ1) is 21.4. The molecule has 0 bridgehead atoms. The highest BCUT2D eigenvalue weighted by Gasteiger charge is 2.16. The van der Waals surface area contributed by atoms with Crippen molar-refractivity contribution >= 4 is 17.5 Å². The van der Waals surface area contributed by atoms with E-state index in [1.165, 1.54) is 39.7 Å². The Labute approximate surface area is 178 Å². The van der Waals surface area contributed by atoms with Gasteiger partial charge in [-0.2, -0.15) is 0 Å². The number of carbonyl (C=O) groups excluding carboxylic acids is 1. The Kier molecular flexibility index (Phi) is 6.74. The second kappa shape index (κ2) is 9.45. The highest BCUT2D eigenvalue weighted by molar-refractivity contribution is 6.33. The molecular formula is C22H20ClFN2O4. The van der Waals surface area contributed by atoms with Gasteiger partial charge in [0.05, 0.1) is 32.0 Å². The Morgan fingerprint density at radius 1 is 1.07 bits per heavy atom. The number of nitrogens with one attached hydrogen (secondary N) is 1. The number of halogens is 2. The number of amides is 1. The van der Waals surface area contributed by atoms with Gasteiger partial charge in [0, 0.05) is 23.9 Å². The summed E-state index contributed by atoms with van der Waals surface area (Å²) in [6.07, 6.45) is 1.53. The zero-order valence-corrected chi connectivity index (χ0v) is 17.4. The van der Waals surface area contributed by atoms with Crippen LogP contribution in [0.4, 0.5) is 4.39 Å². The number of hydrogen-bond acceptors (Lipinski definition) is 5. The van der Waals surface area contributed by atoms with Crippen LogP contribution in [0, 0.1) is 5.82 Å². The lowest BCUT2D eigenvalue weighted by atomic mass is 10.1. The van der Waals surface area contributed by atoms with Gasteiger partial charge in [-0.15, -0.1) is 0 Å². The van der Waals surface area contributed by atoms with Gasteiger partial charge in [0.15, 0.2) is 11.5 Å². The quantitative estimate of drug-likeness (QED) is 0.597. The number of methoxy groups -OCH3 is 3. The minimum Gasteiger partial charge on any atom is -0.493 e. The van der Waals surface area contributed by atoms with E-state index >= 15 is 0 Å². The van der Waals surface area contributed by atoms with Crippen LogP contribution in [0.25, 0.3) is 11.3 Å². The SMILES string of the molecule is COc1cc(CNC(=O)c2ccc(-c3ncccc3Cl)c(F)c2)cc(OC)c1OC. The van der Waals surface area contributed by atoms with E-state index in [1.54, 1.807) is 24.3 Å². The van der Waals surface area contributed by atoms with Crippen LogP contribution in [0.5, 0.6) is 17.2 Å². The number of ether oxygens (including phenoxy) is 3. The maximum Gasteiger partial charge on any atom is 0.251 e. The summed E-state index contributed by atoms with van der Waals surface area (Å²) in [7, 11) is 4.54. The monoisotopic (exact) mass is 430 g/mol. The van der Waals surface area contributed by atoms with Crippen molar-refractivity contribution in [3.63, 3.8) is 0 Å². The minimum atomic E-state index is -0.587. The number of carbonyl (C=O) groups is 1. The van der Waals surface area contributed by atoms with Gasteiger partial charge in [-0.05, 0) is 48.0 Å². The molecule has 1 N–H and O–H groups in total. The van der Waals surface area contributed by atoms with Gasteiger partial charge in [0.25, 0.3) is 5.91 Å². The summed E-state index contributed by atoms with van der Waals surface area (Å²) in [5.74, 6) is 0.394. The summed E-state index contributed by atoms with van der Waals surface area (Å²) < 4.78 is 30.5. The Hall–Kier alpha value is -3.32. The molecule has 0 atom stereocenters. The van der Waals surface area contributed by atoms with E-state index in [1.807, 2.05) is 0 Å². The maximum atomic E-state index is 14.6. The van der Waals surface area contributed by atoms with Gasteiger partial charge >= 0.3 is 0 Å². The second-order valence-electron chi connectivity index (χ2n) is 6.24. The Bertz CT molecular complexity index is 1050. The molecule has 3 rings (SSSR count). The molecule has 2 aromatic carbocycles. The van der Waals surface area contributed by atoms with Crippen molar-refractivity contribution in [3.8, 4) is 28.5 Å². The smallest absolute Gasteiger partial charge is 0.251 e. The number of benzene rings is 2. The van der Waals surface area contributed by atoms with Gasteiger partial charge in [0.2, 0.25) is 5.75 Å². The lowest BCUT2D eigenvalue weighted by Gasteiger charge is -2.14. The first-order valence-corrected chi connectivity index (χ1v) is 9.33. The van der Waals surface area contributed by atoms with E-state index in [4.69, 9.17) is 25.8 Å². The molecule has 0 aliphatic rings. The second-order valence-corrected chi connectivity index (χ2v) is 6.65. The van der Waals surface area contributed by atoms with E-state index < -0.39 is 11.7 Å². The van der Waals surface area contributed by atoms with E-state index in [2.05, 4.69) is 10.3 Å². The summed E-state index contributed by atoms with van der Waals surface area (Å²) >= 11 is 6.08. The van der Waals surface area contributed by atoms with Crippen molar-refractivity contribution in [1.82, 2.24) is 10.3 Å². The predicted molar refractivity (Wildman–Crippen MR) is 112 cm³/mol. The standard InChI is InChI=1S/C22H20ClFN2O4/c1-28-18-9-13(10-19(29-2)21(18)30-3)12-26-22(27)14-6-7-15(17(24)11-14)20-16(23)5-4-8-25-20/h4-11H,12H2,1-3H3,(H,26,27). The third-order valence-corrected chi connectivity index (χ3v) is 4.73. The molecule has 1 aromatic heterocycles. The summed E-state index contributed by atoms with van der Waals surface area (Å²) in [4.78, 5) is 16.6. The molecule has 0 saturated carbocycles. The third-order valence-electron chi connectivity index (χ3n) is 4.42. The van der Waals surface area contributed by atoms with Crippen LogP contribution in [-0.4, -0.2) is 32.2 Å². The number of rotatable bonds is 7. The van der Waals surface area contributed by atoms with Crippen LogP contribution in [0.2, 0.25) is 5.02 Å². The van der Waals surface area contributed by atoms with E-state index in [9.17, 15) is 9.18 Å². The minimum absolute atomic E-state index is 0.177. The third kappa shape index (κ3) is 4.46. The molecule has 1 heterocycles. The molecular weight excluding hydrogens is 411 g/mol. The molecule has 8 heteroatoms. The van der Waals surface area contributed by atoms with E-state index in [0.717, 1.165) is 11.6 Å². The molecule has 0 saturated heterocycles. The Morgan fingerprint density at radius 2 is 1.77 bits per heavy atom. The van der Waals surface area contributed by atoms with Gasteiger partial charge in [0.1, 0.15) is 5.82 Å². The van der Waals surface area contributed by atoms with Crippen LogP contribution in [0.3, 0.4) is 0 Å². The topological polar surface area (TPSA) is 69.7 Å². The molecule has 6 nitrogen and oxygen atoms in total. The van der Waals surface area contributed by atoms with Gasteiger partial charge in [-0.3, -0.25) is 9.78 Å². The van der Waals surface area contributed by atoms with Crippen LogP contribution in [0.15, 0.2) is 48.7 Å². The predicted octanol–water partition coefficient (Wildman–Crippen LogP) is 4.50. The van der Waals surface area contributed by atoms with E-state index in [0.29, 0.717) is 28.0 Å². The normalized spacial score (nSPS) is 10.4. The fraction of sp³-hybridized carbons (Fsp3) is 0.182. The van der Waals surface area contributed by atoms with Crippen molar-refractivity contribution in [3.05, 3.63) is 70.6 Å². The van der Waals surface area contributed by atoms with Gasteiger partial charge in [-0.1, -0.05) is 11.6 Å². The molecule has 0 fully saturated rings. The summed E-state index contributed by atoms with van der Waals surface area (Å²) in [6.45, 7) is 0.186. The van der Waals surface area contributed by atoms with Crippen molar-refractivity contribution in [2.45, 2.75) is 6.54 Å². The first-order valence-electron chi connectivity index (χ1n) is 8.96. The molecule has 0 unspecified atom stereocenters. The van der Waals surface area contributed by atoms with Gasteiger partial charge in [-0.25, -0.2) is 4.39 Å². The molecule has 0 aliphatic heterocycles. The van der Waals surface area contributed by atoms with Crippen molar-refractivity contribution in [2.75, 3.05) is 21.3 Å². The number of pyridine rings is 1. The maximum absolute atomic E-state index is 14.6. The van der Waals surface area contributed by atoms with E-state index in [-0.39, 0.29) is 17.7 Å². The first-order chi connectivity index (χ1) is 14.5. The molecule has 0 spiro atoms. The molecule has 1 amide bonds. The lowest BCUT2D eigenvalue weighted by Crippen LogP contribution is -2.23. The molecule has 156 valence electrons. The van der Waals surface area contributed by atoms with Crippen molar-refractivity contribution in [1.29, 1.82) is 0 Å². The van der Waals surface area contributed by atoms with Crippen LogP contribution in [0.1, 0.15) is 15.9 Å². The van der Waals surface area contributed by atoms with Gasteiger partial charge < -0.3 is 19.5 Å². The fourth-order valence-corrected chi connectivity index (χ4v) is 3.18. The molecule has 30 heavy (non-hydrogen) atoms. The number of aromatic nitrogens is 1. The zero-order chi connectivity index (χ0) is 21.7. The van der Waals surface area contributed by atoms with Crippen LogP contribution in [-0.2, 0) is 6.54 Å². The Balaban J connectivity index is 1.77. The summed E-state index contributed by atoms with van der Waals surface area (Å²) in [5, 5.41) is 3.08. The average molecular weight is 431 g/mol. The fourth-order valence-electron chi connectivity index (χ4n) is 2.95. The average Bonchev–Trinajstić information content (AvgIpc) is 2.77. The lowest BCUT2D eigenvalue weighted by molar-refractivity contribution is 0.0950. The summed E-state index contributed by atoms with van der Waals surface area (Å²) in [6, 6.07) is 10.9. The van der Waals surface area contributed by atoms with Crippen LogP contribution >= 0.6 is 11.6 Å². The molecule has 0 aliphatic carbocycles. The summed E-state index contributed by atoms with van der Waals surface area (Å²) in [5.41, 5.74) is 1.45. The van der Waals surface area contributed by atoms with Crippen LogP contribution < -0.4 is 19.5 Å². The largest absolute Gasteiger partial charge is 0.493 e. The van der Waals surface area contributed by atoms with Crippen molar-refractivity contribution < 1.29 is 23.4 Å². The molecule has 0 radical (unpaired) electrons.